The third-order valence-corrected chi connectivity index (χ3v) is 6.16. The molecule has 6 nitrogen and oxygen atoms in total. The fourth-order valence-corrected chi connectivity index (χ4v) is 4.32. The highest BCUT2D eigenvalue weighted by Gasteiger charge is 2.29. The van der Waals surface area contributed by atoms with Crippen LogP contribution in [-0.4, -0.2) is 11.5 Å². The summed E-state index contributed by atoms with van der Waals surface area (Å²) in [4.78, 5) is 11.9. The highest BCUT2D eigenvalue weighted by atomic mass is 19.1. The van der Waals surface area contributed by atoms with Crippen molar-refractivity contribution in [2.45, 2.75) is 26.5 Å². The maximum absolute atomic E-state index is 14.1. The molecule has 0 saturated carbocycles. The van der Waals surface area contributed by atoms with Gasteiger partial charge in [-0.2, -0.15) is 0 Å². The quantitative estimate of drug-likeness (QED) is 0.122. The summed E-state index contributed by atoms with van der Waals surface area (Å²) in [7, 11) is 0. The molecule has 0 aromatic heterocycles. The second-order valence-electron chi connectivity index (χ2n) is 9.01. The van der Waals surface area contributed by atoms with Crippen LogP contribution in [0.3, 0.4) is 0 Å². The molecule has 4 rings (SSSR count). The highest BCUT2D eigenvalue weighted by Crippen LogP contribution is 2.39. The molecule has 0 fully saturated rings. The number of ether oxygens (including phenoxy) is 2. The van der Waals surface area contributed by atoms with Crippen LogP contribution >= 0.6 is 0 Å². The normalized spacial score (nSPS) is 11.5. The molecule has 4 aromatic rings. The van der Waals surface area contributed by atoms with Gasteiger partial charge in [0, 0.05) is 29.9 Å². The number of anilines is 1. The second kappa shape index (κ2) is 12.2. The van der Waals surface area contributed by atoms with Gasteiger partial charge in [0.2, 0.25) is 0 Å². The molecule has 0 saturated heterocycles. The van der Waals surface area contributed by atoms with E-state index in [0.29, 0.717) is 34.9 Å². The van der Waals surface area contributed by atoms with E-state index in [4.69, 9.17) is 9.47 Å². The maximum atomic E-state index is 14.1. The zero-order valence-corrected chi connectivity index (χ0v) is 21.6. The summed E-state index contributed by atoms with van der Waals surface area (Å²) in [5, 5.41) is 15.4. The van der Waals surface area contributed by atoms with E-state index >= 15 is 0 Å². The molecule has 0 bridgehead atoms. The predicted molar refractivity (Wildman–Crippen MR) is 147 cm³/mol. The highest BCUT2D eigenvalue weighted by molar-refractivity contribution is 5.65. The first-order chi connectivity index (χ1) is 18.8. The van der Waals surface area contributed by atoms with Gasteiger partial charge in [-0.05, 0) is 55.3 Å². The average Bonchev–Trinajstić information content (AvgIpc) is 2.90. The summed E-state index contributed by atoms with van der Waals surface area (Å²) in [6.45, 7) is 7.55. The van der Waals surface area contributed by atoms with Gasteiger partial charge in [0.05, 0.1) is 16.1 Å². The average molecular weight is 531 g/mol. The Labute approximate surface area is 225 Å². The lowest BCUT2D eigenvalue weighted by Crippen LogP contribution is -2.14. The molecule has 1 N–H and O–H groups in total. The maximum Gasteiger partial charge on any atom is 0.281 e. The lowest BCUT2D eigenvalue weighted by molar-refractivity contribution is -0.386. The number of nitro groups is 1. The van der Waals surface area contributed by atoms with E-state index in [1.54, 1.807) is 31.2 Å². The zero-order valence-electron chi connectivity index (χ0n) is 21.6. The summed E-state index contributed by atoms with van der Waals surface area (Å²) in [5.74, 6) is -0.287. The Kier molecular flexibility index (Phi) is 8.56. The van der Waals surface area contributed by atoms with Crippen LogP contribution in [0.1, 0.15) is 33.9 Å². The minimum Gasteiger partial charge on any atom is -0.489 e. The van der Waals surface area contributed by atoms with Crippen LogP contribution in [-0.2, 0) is 6.54 Å². The Bertz CT molecular complexity index is 1490. The molecule has 1 unspecified atom stereocenters. The van der Waals surface area contributed by atoms with Gasteiger partial charge in [-0.3, -0.25) is 10.1 Å². The largest absolute Gasteiger partial charge is 0.489 e. The molecule has 4 aromatic carbocycles. The summed E-state index contributed by atoms with van der Waals surface area (Å²) in [5.41, 5.74) is 2.92. The van der Waals surface area contributed by atoms with Crippen LogP contribution in [0.5, 0.6) is 11.5 Å². The Morgan fingerprint density at radius 1 is 1.00 bits per heavy atom. The molecule has 39 heavy (non-hydrogen) atoms. The summed E-state index contributed by atoms with van der Waals surface area (Å²) in [6.07, 6.45) is 0.838. The van der Waals surface area contributed by atoms with Crippen molar-refractivity contribution in [2.75, 3.05) is 11.9 Å². The molecule has 8 heteroatoms. The van der Waals surface area contributed by atoms with Crippen molar-refractivity contribution < 1.29 is 23.2 Å². The molecule has 0 aliphatic carbocycles. The van der Waals surface area contributed by atoms with Gasteiger partial charge in [-0.15, -0.1) is 0 Å². The first-order valence-corrected chi connectivity index (χ1v) is 12.3. The number of nitro benzene ring substituents is 1. The topological polar surface area (TPSA) is 73.6 Å². The summed E-state index contributed by atoms with van der Waals surface area (Å²) < 4.78 is 39.5. The number of benzene rings is 4. The first kappa shape index (κ1) is 27.3. The predicted octanol–water partition coefficient (Wildman–Crippen LogP) is 7.84. The van der Waals surface area contributed by atoms with Crippen molar-refractivity contribution in [1.82, 2.24) is 0 Å². The number of halogens is 2. The molecule has 1 atom stereocenters. The number of hydrogen-bond donors (Lipinski definition) is 1. The monoisotopic (exact) mass is 530 g/mol. The van der Waals surface area contributed by atoms with E-state index in [-0.39, 0.29) is 17.8 Å². The third-order valence-electron chi connectivity index (χ3n) is 6.16. The SMILES string of the molecule is C=CCOc1cc(C)cc(OC(c2ccccc2)c2ccc(NCc3ccc(F)cc3F)c(C)c2[N+](=O)[O-])c1. The molecule has 0 heterocycles. The van der Waals surface area contributed by atoms with Gasteiger partial charge in [0.15, 0.2) is 6.10 Å². The van der Waals surface area contributed by atoms with Crippen molar-refractivity contribution >= 4 is 11.4 Å². The van der Waals surface area contributed by atoms with Gasteiger partial charge in [0.25, 0.3) is 5.69 Å². The van der Waals surface area contributed by atoms with E-state index in [2.05, 4.69) is 11.9 Å². The van der Waals surface area contributed by atoms with Gasteiger partial charge in [0.1, 0.15) is 29.7 Å². The molecule has 200 valence electrons. The van der Waals surface area contributed by atoms with Crippen LogP contribution < -0.4 is 14.8 Å². The standard InChI is InChI=1S/C31H28F2N2O4/c1-4-14-38-25-15-20(2)16-26(18-25)39-31(22-8-6-5-7-9-22)27-12-13-29(21(3)30(27)35(36)37)34-19-23-10-11-24(32)17-28(23)33/h4-13,15-18,31,34H,1,14,19H2,2-3H3. The number of aryl methyl sites for hydroxylation is 1. The smallest absolute Gasteiger partial charge is 0.281 e. The minimum absolute atomic E-state index is 0.0266. The van der Waals surface area contributed by atoms with Gasteiger partial charge >= 0.3 is 0 Å². The Morgan fingerprint density at radius 2 is 1.74 bits per heavy atom. The van der Waals surface area contributed by atoms with E-state index in [1.165, 1.54) is 12.1 Å². The Morgan fingerprint density at radius 3 is 2.44 bits per heavy atom. The third kappa shape index (κ3) is 6.59. The molecular weight excluding hydrogens is 502 g/mol. The van der Waals surface area contributed by atoms with Crippen molar-refractivity contribution in [3.8, 4) is 11.5 Å². The van der Waals surface area contributed by atoms with E-state index in [1.807, 2.05) is 49.4 Å². The number of nitrogens with one attached hydrogen (secondary N) is 1. The lowest BCUT2D eigenvalue weighted by Gasteiger charge is -2.22. The fourth-order valence-electron chi connectivity index (χ4n) is 4.32. The van der Waals surface area contributed by atoms with Crippen LogP contribution in [0.15, 0.2) is 91.5 Å². The zero-order chi connectivity index (χ0) is 27.9. The summed E-state index contributed by atoms with van der Waals surface area (Å²) in [6, 6.07) is 21.3. The van der Waals surface area contributed by atoms with E-state index in [0.717, 1.165) is 17.2 Å². The van der Waals surface area contributed by atoms with Crippen LogP contribution in [0, 0.1) is 35.6 Å². The van der Waals surface area contributed by atoms with Crippen molar-refractivity contribution in [1.29, 1.82) is 0 Å². The first-order valence-electron chi connectivity index (χ1n) is 12.3. The second-order valence-corrected chi connectivity index (χ2v) is 9.01. The number of hydrogen-bond acceptors (Lipinski definition) is 5. The fraction of sp³-hybridized carbons (Fsp3) is 0.161. The van der Waals surface area contributed by atoms with Crippen LogP contribution in [0.4, 0.5) is 20.2 Å². The molecule has 0 radical (unpaired) electrons. The lowest BCUT2D eigenvalue weighted by atomic mass is 9.96. The number of nitrogens with zero attached hydrogens (tertiary/aromatic N) is 1. The summed E-state index contributed by atoms with van der Waals surface area (Å²) >= 11 is 0. The molecule has 0 spiro atoms. The number of rotatable bonds is 11. The molecule has 0 aliphatic rings. The van der Waals surface area contributed by atoms with Crippen LogP contribution in [0.25, 0.3) is 0 Å². The molecule has 0 aliphatic heterocycles. The molecular formula is C31H28F2N2O4. The Balaban J connectivity index is 1.73. The molecule has 0 amide bonds. The van der Waals surface area contributed by atoms with Crippen LogP contribution in [0.2, 0.25) is 0 Å². The minimum atomic E-state index is -0.803. The van der Waals surface area contributed by atoms with Gasteiger partial charge in [-0.25, -0.2) is 8.78 Å². The van der Waals surface area contributed by atoms with Gasteiger partial charge in [-0.1, -0.05) is 49.1 Å². The van der Waals surface area contributed by atoms with Crippen molar-refractivity contribution in [3.63, 3.8) is 0 Å². The van der Waals surface area contributed by atoms with E-state index in [9.17, 15) is 18.9 Å². The van der Waals surface area contributed by atoms with Crippen molar-refractivity contribution in [3.05, 3.63) is 141 Å². The van der Waals surface area contributed by atoms with Crippen molar-refractivity contribution in [2.24, 2.45) is 0 Å². The van der Waals surface area contributed by atoms with Gasteiger partial charge < -0.3 is 14.8 Å². The Hall–Kier alpha value is -4.72. The van der Waals surface area contributed by atoms with E-state index < -0.39 is 22.7 Å².